The molecule has 1 fully saturated rings. The molecule has 2 atom stereocenters. The summed E-state index contributed by atoms with van der Waals surface area (Å²) in [4.78, 5) is 38.2. The summed E-state index contributed by atoms with van der Waals surface area (Å²) in [5, 5.41) is 10.4. The van der Waals surface area contributed by atoms with E-state index in [1.165, 1.54) is 11.3 Å². The van der Waals surface area contributed by atoms with Crippen LogP contribution in [0.3, 0.4) is 0 Å². The summed E-state index contributed by atoms with van der Waals surface area (Å²) in [6.45, 7) is 9.67. The van der Waals surface area contributed by atoms with Crippen molar-refractivity contribution >= 4 is 39.8 Å². The Morgan fingerprint density at radius 3 is 2.71 bits per heavy atom. The van der Waals surface area contributed by atoms with Gasteiger partial charge in [0.1, 0.15) is 4.88 Å². The van der Waals surface area contributed by atoms with Crippen LogP contribution in [0.4, 0.5) is 5.13 Å². The van der Waals surface area contributed by atoms with Crippen molar-refractivity contribution in [3.8, 4) is 0 Å². The molecular formula is C21H29ClN4O4S. The summed E-state index contributed by atoms with van der Waals surface area (Å²) >= 11 is 7.28. The third-order valence-corrected chi connectivity index (χ3v) is 6.90. The van der Waals surface area contributed by atoms with Gasteiger partial charge in [-0.2, -0.15) is 0 Å². The van der Waals surface area contributed by atoms with Crippen LogP contribution in [0.2, 0.25) is 5.15 Å². The Morgan fingerprint density at radius 2 is 2.13 bits per heavy atom. The fraction of sp³-hybridized carbons (Fsp3) is 0.619. The number of anilines is 1. The van der Waals surface area contributed by atoms with Crippen molar-refractivity contribution in [1.82, 2.24) is 15.0 Å². The standard InChI is InChI=1S/C21H29ClN4O4S/c1-5-14-18(22)25-19(24-14)15(27)8-13-6-7-26(9-16(13)30-10-11(2)3)21-23-12(4)17(31-21)20(28)29/h11,13,16H,5-10H2,1-4H3,(H,24,25)(H,28,29)/t13-,16-/m0/s1. The zero-order chi connectivity index (χ0) is 22.7. The van der Waals surface area contributed by atoms with E-state index in [0.29, 0.717) is 60.3 Å². The van der Waals surface area contributed by atoms with Gasteiger partial charge in [0.15, 0.2) is 21.9 Å². The number of hydrogen-bond acceptors (Lipinski definition) is 7. The van der Waals surface area contributed by atoms with Crippen LogP contribution in [0.1, 0.15) is 65.3 Å². The largest absolute Gasteiger partial charge is 0.477 e. The molecule has 0 aliphatic carbocycles. The SMILES string of the molecule is CCc1[nH]c(C(=O)C[C@@H]2CCN(c3nc(C)c(C(=O)O)s3)C[C@@H]2OCC(C)C)nc1Cl. The second-order valence-electron chi connectivity index (χ2n) is 8.31. The van der Waals surface area contributed by atoms with E-state index in [2.05, 4.69) is 33.7 Å². The lowest BCUT2D eigenvalue weighted by atomic mass is 9.89. The molecule has 2 aromatic heterocycles. The molecule has 0 saturated carbocycles. The first-order chi connectivity index (χ1) is 14.7. The lowest BCUT2D eigenvalue weighted by Crippen LogP contribution is -2.46. The number of imidazole rings is 1. The van der Waals surface area contributed by atoms with Gasteiger partial charge in [-0.3, -0.25) is 4.79 Å². The molecule has 10 heteroatoms. The number of carbonyl (C=O) groups excluding carboxylic acids is 1. The highest BCUT2D eigenvalue weighted by Crippen LogP contribution is 2.32. The Kier molecular flexibility index (Phi) is 7.72. The minimum atomic E-state index is -0.960. The van der Waals surface area contributed by atoms with Gasteiger partial charge in [0.25, 0.3) is 0 Å². The highest BCUT2D eigenvalue weighted by Gasteiger charge is 2.34. The number of H-pyrrole nitrogens is 1. The molecule has 0 unspecified atom stereocenters. The molecule has 0 bridgehead atoms. The van der Waals surface area contributed by atoms with Crippen LogP contribution in [0.15, 0.2) is 0 Å². The van der Waals surface area contributed by atoms with Crippen LogP contribution >= 0.6 is 22.9 Å². The Hall–Kier alpha value is -1.97. The van der Waals surface area contributed by atoms with Crippen LogP contribution in [-0.4, -0.2) is 57.6 Å². The van der Waals surface area contributed by atoms with E-state index >= 15 is 0 Å². The van der Waals surface area contributed by atoms with Crippen LogP contribution in [0, 0.1) is 18.8 Å². The van der Waals surface area contributed by atoms with E-state index in [0.717, 1.165) is 12.1 Å². The van der Waals surface area contributed by atoms with Crippen molar-refractivity contribution in [2.75, 3.05) is 24.6 Å². The molecule has 0 amide bonds. The number of carboxylic acids is 1. The molecule has 0 radical (unpaired) electrons. The van der Waals surface area contributed by atoms with Gasteiger partial charge >= 0.3 is 5.97 Å². The first-order valence-electron chi connectivity index (χ1n) is 10.5. The number of hydrogen-bond donors (Lipinski definition) is 2. The molecule has 1 saturated heterocycles. The minimum absolute atomic E-state index is 0.0384. The number of piperidine rings is 1. The predicted octanol–water partition coefficient (Wildman–Crippen LogP) is 4.23. The molecule has 31 heavy (non-hydrogen) atoms. The van der Waals surface area contributed by atoms with Crippen LogP contribution in [0.25, 0.3) is 0 Å². The minimum Gasteiger partial charge on any atom is -0.477 e. The molecule has 8 nitrogen and oxygen atoms in total. The lowest BCUT2D eigenvalue weighted by molar-refractivity contribution is -0.00872. The molecule has 0 aromatic carbocycles. The summed E-state index contributed by atoms with van der Waals surface area (Å²) in [5.74, 6) is -0.331. The maximum Gasteiger partial charge on any atom is 0.347 e. The lowest BCUT2D eigenvalue weighted by Gasteiger charge is -2.38. The van der Waals surface area contributed by atoms with Gasteiger partial charge in [-0.25, -0.2) is 14.8 Å². The van der Waals surface area contributed by atoms with Gasteiger partial charge in [0.05, 0.1) is 17.5 Å². The monoisotopic (exact) mass is 468 g/mol. The molecule has 2 N–H and O–H groups in total. The van der Waals surface area contributed by atoms with Crippen molar-refractivity contribution < 1.29 is 19.4 Å². The second kappa shape index (κ2) is 10.1. The van der Waals surface area contributed by atoms with Crippen molar-refractivity contribution in [1.29, 1.82) is 0 Å². The van der Waals surface area contributed by atoms with E-state index in [9.17, 15) is 14.7 Å². The molecule has 3 heterocycles. The number of aryl methyl sites for hydroxylation is 2. The zero-order valence-electron chi connectivity index (χ0n) is 18.3. The molecule has 3 rings (SSSR count). The number of rotatable bonds is 9. The van der Waals surface area contributed by atoms with E-state index in [-0.39, 0.29) is 22.7 Å². The Bertz CT molecular complexity index is 942. The average Bonchev–Trinajstić information content (AvgIpc) is 3.29. The number of aromatic nitrogens is 3. The number of nitrogens with zero attached hydrogens (tertiary/aromatic N) is 3. The molecule has 1 aliphatic heterocycles. The average molecular weight is 469 g/mol. The summed E-state index contributed by atoms with van der Waals surface area (Å²) in [6.07, 6.45) is 1.59. The van der Waals surface area contributed by atoms with Gasteiger partial charge in [-0.1, -0.05) is 43.7 Å². The highest BCUT2D eigenvalue weighted by molar-refractivity contribution is 7.17. The number of ether oxygens (including phenoxy) is 1. The number of halogens is 1. The third-order valence-electron chi connectivity index (χ3n) is 5.38. The third kappa shape index (κ3) is 5.64. The maximum atomic E-state index is 12.9. The summed E-state index contributed by atoms with van der Waals surface area (Å²) in [6, 6.07) is 0. The van der Waals surface area contributed by atoms with Crippen LogP contribution in [-0.2, 0) is 11.2 Å². The molecule has 1 aliphatic rings. The van der Waals surface area contributed by atoms with E-state index < -0.39 is 5.97 Å². The Balaban J connectivity index is 1.73. The molecule has 0 spiro atoms. The summed E-state index contributed by atoms with van der Waals surface area (Å²) < 4.78 is 6.19. The molecule has 170 valence electrons. The van der Waals surface area contributed by atoms with Gasteiger partial charge in [-0.15, -0.1) is 0 Å². The second-order valence-corrected chi connectivity index (χ2v) is 9.65. The maximum absolute atomic E-state index is 12.9. The van der Waals surface area contributed by atoms with E-state index in [1.54, 1.807) is 6.92 Å². The Morgan fingerprint density at radius 1 is 1.39 bits per heavy atom. The fourth-order valence-electron chi connectivity index (χ4n) is 3.68. The first-order valence-corrected chi connectivity index (χ1v) is 11.7. The van der Waals surface area contributed by atoms with Crippen molar-refractivity contribution in [3.63, 3.8) is 0 Å². The van der Waals surface area contributed by atoms with Crippen molar-refractivity contribution in [3.05, 3.63) is 27.2 Å². The number of carboxylic acid groups (broad SMARTS) is 1. The van der Waals surface area contributed by atoms with Gasteiger partial charge in [-0.05, 0) is 31.6 Å². The number of carbonyl (C=O) groups is 2. The normalized spacial score (nSPS) is 19.2. The number of Topliss-reactive ketones (excluding diaryl/α,β-unsaturated/α-hetero) is 1. The van der Waals surface area contributed by atoms with Gasteiger partial charge in [0, 0.05) is 26.1 Å². The van der Waals surface area contributed by atoms with Crippen molar-refractivity contribution in [2.45, 2.75) is 53.1 Å². The first kappa shape index (κ1) is 23.7. The fourth-order valence-corrected chi connectivity index (χ4v) is 4.89. The van der Waals surface area contributed by atoms with Gasteiger partial charge < -0.3 is 19.7 Å². The van der Waals surface area contributed by atoms with Gasteiger partial charge in [0.2, 0.25) is 0 Å². The Labute approximate surface area is 191 Å². The van der Waals surface area contributed by atoms with Crippen LogP contribution < -0.4 is 4.90 Å². The number of ketones is 1. The summed E-state index contributed by atoms with van der Waals surface area (Å²) in [5.41, 5.74) is 1.28. The van der Waals surface area contributed by atoms with E-state index in [4.69, 9.17) is 16.3 Å². The molecule has 2 aromatic rings. The quantitative estimate of drug-likeness (QED) is 0.530. The predicted molar refractivity (Wildman–Crippen MR) is 121 cm³/mol. The number of aromatic amines is 1. The number of aromatic carboxylic acids is 1. The highest BCUT2D eigenvalue weighted by atomic mass is 35.5. The number of nitrogens with one attached hydrogen (secondary N) is 1. The number of thiazole rings is 1. The smallest absolute Gasteiger partial charge is 0.347 e. The van der Waals surface area contributed by atoms with Crippen LogP contribution in [0.5, 0.6) is 0 Å². The topological polar surface area (TPSA) is 108 Å². The molecular weight excluding hydrogens is 440 g/mol. The van der Waals surface area contributed by atoms with Crippen molar-refractivity contribution in [2.24, 2.45) is 11.8 Å². The summed E-state index contributed by atoms with van der Waals surface area (Å²) in [7, 11) is 0. The van der Waals surface area contributed by atoms with E-state index in [1.807, 2.05) is 6.92 Å². The zero-order valence-corrected chi connectivity index (χ0v) is 19.8.